The van der Waals surface area contributed by atoms with E-state index in [4.69, 9.17) is 11.6 Å². The number of rotatable bonds is 8. The van der Waals surface area contributed by atoms with Crippen LogP contribution in [0.15, 0.2) is 18.2 Å². The second-order valence-electron chi connectivity index (χ2n) is 6.21. The van der Waals surface area contributed by atoms with E-state index in [1.807, 2.05) is 6.92 Å². The van der Waals surface area contributed by atoms with Crippen LogP contribution >= 0.6 is 11.6 Å². The van der Waals surface area contributed by atoms with E-state index >= 15 is 0 Å². The van der Waals surface area contributed by atoms with Gasteiger partial charge >= 0.3 is 0 Å². The molecule has 0 spiro atoms. The molecule has 4 nitrogen and oxygen atoms in total. The monoisotopic (exact) mass is 363 g/mol. The molecule has 0 aromatic heterocycles. The highest BCUT2D eigenvalue weighted by molar-refractivity contribution is 7.91. The normalized spacial score (nSPS) is 13.1. The molecule has 1 aromatic carbocycles. The van der Waals surface area contributed by atoms with Crippen molar-refractivity contribution in [3.05, 3.63) is 34.6 Å². The Morgan fingerprint density at radius 2 is 1.91 bits per heavy atom. The number of hydrogen-bond acceptors (Lipinski definition) is 3. The topological polar surface area (TPSA) is 63.2 Å². The molecule has 1 amide bonds. The third-order valence-electron chi connectivity index (χ3n) is 3.33. The Morgan fingerprint density at radius 3 is 2.48 bits per heavy atom. The standard InChI is InChI=1S/C16H23ClFNO3S/c1-11(2)4-5-12(3)19-16(20)10-23(21,22)9-13-6-7-14(18)8-15(13)17/h6-8,11-12H,4-5,9-10H2,1-3H3,(H,19,20)/t12-/m0/s1. The summed E-state index contributed by atoms with van der Waals surface area (Å²) in [6.07, 6.45) is 1.76. The van der Waals surface area contributed by atoms with Crippen LogP contribution in [0.5, 0.6) is 0 Å². The summed E-state index contributed by atoms with van der Waals surface area (Å²) in [7, 11) is -3.67. The Hall–Kier alpha value is -1.14. The van der Waals surface area contributed by atoms with E-state index in [9.17, 15) is 17.6 Å². The van der Waals surface area contributed by atoms with Crippen LogP contribution in [0.3, 0.4) is 0 Å². The van der Waals surface area contributed by atoms with Gasteiger partial charge in [0.25, 0.3) is 0 Å². The van der Waals surface area contributed by atoms with Crippen molar-refractivity contribution >= 4 is 27.3 Å². The highest BCUT2D eigenvalue weighted by Gasteiger charge is 2.20. The average molecular weight is 364 g/mol. The molecule has 23 heavy (non-hydrogen) atoms. The first kappa shape index (κ1) is 19.9. The van der Waals surface area contributed by atoms with E-state index < -0.39 is 27.3 Å². The van der Waals surface area contributed by atoms with E-state index in [1.54, 1.807) is 0 Å². The maximum Gasteiger partial charge on any atom is 0.235 e. The van der Waals surface area contributed by atoms with Crippen LogP contribution in [-0.4, -0.2) is 26.1 Å². The molecule has 0 heterocycles. The number of nitrogens with one attached hydrogen (secondary N) is 1. The first-order chi connectivity index (χ1) is 10.6. The molecular formula is C16H23ClFNO3S. The van der Waals surface area contributed by atoms with E-state index in [2.05, 4.69) is 19.2 Å². The fourth-order valence-electron chi connectivity index (χ4n) is 2.10. The van der Waals surface area contributed by atoms with E-state index in [1.165, 1.54) is 6.07 Å². The van der Waals surface area contributed by atoms with Gasteiger partial charge in [0.2, 0.25) is 5.91 Å². The van der Waals surface area contributed by atoms with E-state index in [-0.39, 0.29) is 22.4 Å². The van der Waals surface area contributed by atoms with Gasteiger partial charge in [-0.2, -0.15) is 0 Å². The Kier molecular flexibility index (Phi) is 7.48. The minimum absolute atomic E-state index is 0.0410. The van der Waals surface area contributed by atoms with Crippen molar-refractivity contribution in [2.24, 2.45) is 5.92 Å². The number of carbonyl (C=O) groups excluding carboxylic acids is 1. The lowest BCUT2D eigenvalue weighted by atomic mass is 10.0. The molecule has 1 N–H and O–H groups in total. The molecule has 0 radical (unpaired) electrons. The summed E-state index contributed by atoms with van der Waals surface area (Å²) in [6, 6.07) is 3.44. The zero-order valence-corrected chi connectivity index (χ0v) is 15.2. The third kappa shape index (κ3) is 7.79. The van der Waals surface area contributed by atoms with Crippen LogP contribution < -0.4 is 5.32 Å². The summed E-state index contributed by atoms with van der Waals surface area (Å²) < 4.78 is 37.1. The van der Waals surface area contributed by atoms with Gasteiger partial charge in [-0.25, -0.2) is 12.8 Å². The highest BCUT2D eigenvalue weighted by atomic mass is 35.5. The Bertz CT molecular complexity index is 647. The molecule has 0 saturated heterocycles. The SMILES string of the molecule is CC(C)CC[C@H](C)NC(=O)CS(=O)(=O)Cc1ccc(F)cc1Cl. The van der Waals surface area contributed by atoms with Gasteiger partial charge in [-0.05, 0) is 43.4 Å². The van der Waals surface area contributed by atoms with Crippen LogP contribution in [0.25, 0.3) is 0 Å². The minimum Gasteiger partial charge on any atom is -0.353 e. The molecule has 0 unspecified atom stereocenters. The zero-order chi connectivity index (χ0) is 17.6. The number of halogens is 2. The summed E-state index contributed by atoms with van der Waals surface area (Å²) in [5.74, 6) is -1.53. The molecule has 0 bridgehead atoms. The molecule has 0 aliphatic heterocycles. The van der Waals surface area contributed by atoms with Crippen molar-refractivity contribution in [3.8, 4) is 0 Å². The molecule has 0 fully saturated rings. The number of sulfone groups is 1. The molecule has 0 aliphatic carbocycles. The van der Waals surface area contributed by atoms with Gasteiger partial charge in [0, 0.05) is 11.1 Å². The molecule has 1 rings (SSSR count). The van der Waals surface area contributed by atoms with Crippen molar-refractivity contribution in [1.82, 2.24) is 5.32 Å². The zero-order valence-electron chi connectivity index (χ0n) is 13.6. The molecule has 130 valence electrons. The minimum atomic E-state index is -3.67. The first-order valence-corrected chi connectivity index (χ1v) is 9.72. The summed E-state index contributed by atoms with van der Waals surface area (Å²) in [5.41, 5.74) is 0.286. The Labute approximate surface area is 142 Å². The first-order valence-electron chi connectivity index (χ1n) is 7.53. The number of carbonyl (C=O) groups is 1. The summed E-state index contributed by atoms with van der Waals surface area (Å²) in [6.45, 7) is 6.03. The third-order valence-corrected chi connectivity index (χ3v) is 5.13. The molecule has 7 heteroatoms. The Morgan fingerprint density at radius 1 is 1.26 bits per heavy atom. The summed E-state index contributed by atoms with van der Waals surface area (Å²) in [4.78, 5) is 11.9. The lowest BCUT2D eigenvalue weighted by Crippen LogP contribution is -2.37. The van der Waals surface area contributed by atoms with Gasteiger partial charge in [-0.3, -0.25) is 4.79 Å². The molecule has 1 atom stereocenters. The van der Waals surface area contributed by atoms with Crippen molar-refractivity contribution in [2.75, 3.05) is 5.75 Å². The van der Waals surface area contributed by atoms with Crippen molar-refractivity contribution < 1.29 is 17.6 Å². The lowest BCUT2D eigenvalue weighted by molar-refractivity contribution is -0.119. The van der Waals surface area contributed by atoms with Gasteiger partial charge in [-0.1, -0.05) is 31.5 Å². The smallest absolute Gasteiger partial charge is 0.235 e. The lowest BCUT2D eigenvalue weighted by Gasteiger charge is -2.15. The summed E-state index contributed by atoms with van der Waals surface area (Å²) in [5, 5.41) is 2.73. The van der Waals surface area contributed by atoms with Gasteiger partial charge in [0.15, 0.2) is 9.84 Å². The molecule has 0 saturated carbocycles. The molecule has 0 aliphatic rings. The van der Waals surface area contributed by atoms with E-state index in [0.29, 0.717) is 5.92 Å². The van der Waals surface area contributed by atoms with Crippen LogP contribution in [0, 0.1) is 11.7 Å². The fraction of sp³-hybridized carbons (Fsp3) is 0.562. The van der Waals surface area contributed by atoms with Crippen molar-refractivity contribution in [2.45, 2.75) is 45.4 Å². The Balaban J connectivity index is 2.58. The maximum absolute atomic E-state index is 13.0. The predicted molar refractivity (Wildman–Crippen MR) is 90.6 cm³/mol. The predicted octanol–water partition coefficient (Wildman–Crippen LogP) is 3.33. The highest BCUT2D eigenvalue weighted by Crippen LogP contribution is 2.20. The van der Waals surface area contributed by atoms with Crippen molar-refractivity contribution in [3.63, 3.8) is 0 Å². The van der Waals surface area contributed by atoms with Gasteiger partial charge < -0.3 is 5.32 Å². The largest absolute Gasteiger partial charge is 0.353 e. The second-order valence-corrected chi connectivity index (χ2v) is 8.68. The quantitative estimate of drug-likeness (QED) is 0.770. The fourth-order valence-corrected chi connectivity index (χ4v) is 3.72. The number of hydrogen-bond donors (Lipinski definition) is 1. The van der Waals surface area contributed by atoms with E-state index in [0.717, 1.165) is 25.0 Å². The molecule has 1 aromatic rings. The van der Waals surface area contributed by atoms with Crippen LogP contribution in [0.1, 0.15) is 39.2 Å². The van der Waals surface area contributed by atoms with Crippen LogP contribution in [0.2, 0.25) is 5.02 Å². The van der Waals surface area contributed by atoms with Crippen LogP contribution in [-0.2, 0) is 20.4 Å². The molecular weight excluding hydrogens is 341 g/mol. The van der Waals surface area contributed by atoms with Crippen molar-refractivity contribution in [1.29, 1.82) is 0 Å². The van der Waals surface area contributed by atoms with Gasteiger partial charge in [-0.15, -0.1) is 0 Å². The number of benzene rings is 1. The second kappa shape index (κ2) is 8.64. The van der Waals surface area contributed by atoms with Gasteiger partial charge in [0.05, 0.1) is 5.75 Å². The van der Waals surface area contributed by atoms with Gasteiger partial charge in [0.1, 0.15) is 11.6 Å². The number of amides is 1. The average Bonchev–Trinajstić information content (AvgIpc) is 2.38. The summed E-state index contributed by atoms with van der Waals surface area (Å²) >= 11 is 5.82. The van der Waals surface area contributed by atoms with Crippen LogP contribution in [0.4, 0.5) is 4.39 Å². The maximum atomic E-state index is 13.0.